The van der Waals surface area contributed by atoms with E-state index in [9.17, 15) is 5.11 Å². The molecule has 16 heavy (non-hydrogen) atoms. The zero-order chi connectivity index (χ0) is 11.5. The summed E-state index contributed by atoms with van der Waals surface area (Å²) in [6.07, 6.45) is 3.07. The van der Waals surface area contributed by atoms with E-state index in [1.807, 2.05) is 0 Å². The summed E-state index contributed by atoms with van der Waals surface area (Å²) < 4.78 is 0. The fraction of sp³-hybridized carbons (Fsp3) is 0.636. The Morgan fingerprint density at radius 3 is 3.06 bits per heavy atom. The minimum atomic E-state index is -0.182. The van der Waals surface area contributed by atoms with Crippen LogP contribution in [0.25, 0.3) is 0 Å². The zero-order valence-corrected chi connectivity index (χ0v) is 10.1. The van der Waals surface area contributed by atoms with Crippen molar-refractivity contribution in [1.82, 2.24) is 9.97 Å². The number of aliphatic hydroxyl groups is 1. The van der Waals surface area contributed by atoms with Crippen LogP contribution in [0.5, 0.6) is 0 Å². The molecule has 1 N–H and O–H groups in total. The Morgan fingerprint density at radius 1 is 1.56 bits per heavy atom. The normalized spacial score (nSPS) is 25.8. The first-order valence-corrected chi connectivity index (χ1v) is 5.99. The molecule has 5 heteroatoms. The third kappa shape index (κ3) is 2.44. The number of aliphatic hydroxyl groups excluding tert-OH is 1. The quantitative estimate of drug-likeness (QED) is 0.802. The molecule has 0 saturated carbocycles. The summed E-state index contributed by atoms with van der Waals surface area (Å²) in [5, 5.41) is 10.3. The number of piperidine rings is 1. The molecule has 0 aliphatic carbocycles. The predicted molar refractivity (Wildman–Crippen MR) is 63.7 cm³/mol. The lowest BCUT2D eigenvalue weighted by Gasteiger charge is -2.36. The maximum atomic E-state index is 9.80. The molecule has 1 fully saturated rings. The molecular weight excluding hydrogens is 226 g/mol. The number of rotatable bonds is 2. The second kappa shape index (κ2) is 4.97. The fourth-order valence-corrected chi connectivity index (χ4v) is 2.27. The van der Waals surface area contributed by atoms with Gasteiger partial charge in [0.25, 0.3) is 0 Å². The molecule has 4 nitrogen and oxygen atoms in total. The molecule has 0 bridgehead atoms. The maximum Gasteiger partial charge on any atom is 0.134 e. The van der Waals surface area contributed by atoms with E-state index in [4.69, 9.17) is 11.6 Å². The van der Waals surface area contributed by atoms with E-state index < -0.39 is 0 Å². The van der Waals surface area contributed by atoms with Crippen molar-refractivity contribution < 1.29 is 5.11 Å². The third-order valence-corrected chi connectivity index (χ3v) is 3.37. The molecule has 1 saturated heterocycles. The fourth-order valence-electron chi connectivity index (χ4n) is 2.13. The summed E-state index contributed by atoms with van der Waals surface area (Å²) in [4.78, 5) is 10.2. The third-order valence-electron chi connectivity index (χ3n) is 3.16. The van der Waals surface area contributed by atoms with Crippen LogP contribution >= 0.6 is 11.6 Å². The first-order valence-electron chi connectivity index (χ1n) is 5.61. The Bertz CT molecular complexity index is 361. The summed E-state index contributed by atoms with van der Waals surface area (Å²) in [5.74, 6) is 1.17. The maximum absolute atomic E-state index is 9.80. The molecule has 1 aromatic rings. The van der Waals surface area contributed by atoms with Gasteiger partial charge in [0.1, 0.15) is 17.3 Å². The average molecular weight is 242 g/mol. The van der Waals surface area contributed by atoms with Gasteiger partial charge >= 0.3 is 0 Å². The van der Waals surface area contributed by atoms with Crippen molar-refractivity contribution in [2.45, 2.75) is 25.9 Å². The standard InChI is InChI=1S/C11H16ClN3O/c1-2-8-6-15(4-3-9(8)16)11-5-10(12)13-7-14-11/h5,7-9,16H,2-4,6H2,1H3/t8-,9-/m0/s1. The summed E-state index contributed by atoms with van der Waals surface area (Å²) in [6, 6.07) is 1.77. The highest BCUT2D eigenvalue weighted by molar-refractivity contribution is 6.29. The first-order chi connectivity index (χ1) is 7.70. The van der Waals surface area contributed by atoms with Crippen LogP contribution in [0.3, 0.4) is 0 Å². The molecule has 1 aromatic heterocycles. The molecule has 0 radical (unpaired) electrons. The van der Waals surface area contributed by atoms with Gasteiger partial charge in [0.05, 0.1) is 6.10 Å². The second-order valence-corrected chi connectivity index (χ2v) is 4.56. The van der Waals surface area contributed by atoms with E-state index in [2.05, 4.69) is 21.8 Å². The van der Waals surface area contributed by atoms with E-state index >= 15 is 0 Å². The van der Waals surface area contributed by atoms with Gasteiger partial charge in [-0.25, -0.2) is 9.97 Å². The molecule has 2 rings (SSSR count). The van der Waals surface area contributed by atoms with Crippen molar-refractivity contribution in [3.05, 3.63) is 17.5 Å². The molecule has 1 aliphatic rings. The minimum Gasteiger partial charge on any atom is -0.393 e. The summed E-state index contributed by atoms with van der Waals surface area (Å²) in [5.41, 5.74) is 0. The zero-order valence-electron chi connectivity index (χ0n) is 9.30. The first kappa shape index (κ1) is 11.6. The predicted octanol–water partition coefficient (Wildman–Crippen LogP) is 1.73. The van der Waals surface area contributed by atoms with E-state index in [1.54, 1.807) is 6.07 Å². The van der Waals surface area contributed by atoms with Gasteiger partial charge in [-0.3, -0.25) is 0 Å². The van der Waals surface area contributed by atoms with Crippen molar-refractivity contribution in [2.24, 2.45) is 5.92 Å². The average Bonchev–Trinajstić information content (AvgIpc) is 2.29. The van der Waals surface area contributed by atoms with E-state index in [-0.39, 0.29) is 6.10 Å². The number of hydrogen-bond acceptors (Lipinski definition) is 4. The van der Waals surface area contributed by atoms with Gasteiger partial charge in [0.15, 0.2) is 0 Å². The number of aromatic nitrogens is 2. The van der Waals surface area contributed by atoms with Gasteiger partial charge in [-0.05, 0) is 12.8 Å². The van der Waals surface area contributed by atoms with Crippen LogP contribution in [0.15, 0.2) is 12.4 Å². The largest absolute Gasteiger partial charge is 0.393 e. The van der Waals surface area contributed by atoms with E-state index in [1.165, 1.54) is 6.33 Å². The van der Waals surface area contributed by atoms with Crippen LogP contribution < -0.4 is 4.90 Å². The summed E-state index contributed by atoms with van der Waals surface area (Å²) >= 11 is 5.84. The van der Waals surface area contributed by atoms with Gasteiger partial charge in [-0.15, -0.1) is 0 Å². The van der Waals surface area contributed by atoms with E-state index in [0.717, 1.165) is 31.7 Å². The lowest BCUT2D eigenvalue weighted by Crippen LogP contribution is -2.43. The SMILES string of the molecule is CC[C@H]1CN(c2cc(Cl)ncn2)CC[C@@H]1O. The van der Waals surface area contributed by atoms with Crippen molar-refractivity contribution in [1.29, 1.82) is 0 Å². The molecule has 0 amide bonds. The van der Waals surface area contributed by atoms with Crippen molar-refractivity contribution in [3.63, 3.8) is 0 Å². The smallest absolute Gasteiger partial charge is 0.134 e. The number of nitrogens with zero attached hydrogens (tertiary/aromatic N) is 3. The second-order valence-electron chi connectivity index (χ2n) is 4.17. The van der Waals surface area contributed by atoms with Gasteiger partial charge in [0.2, 0.25) is 0 Å². The Balaban J connectivity index is 2.11. The Kier molecular flexibility index (Phi) is 3.61. The van der Waals surface area contributed by atoms with Crippen molar-refractivity contribution in [2.75, 3.05) is 18.0 Å². The van der Waals surface area contributed by atoms with Crippen molar-refractivity contribution in [3.8, 4) is 0 Å². The van der Waals surface area contributed by atoms with Gasteiger partial charge in [-0.1, -0.05) is 18.5 Å². The number of anilines is 1. The topological polar surface area (TPSA) is 49.2 Å². The Labute approximate surface area is 100 Å². The van der Waals surface area contributed by atoms with Crippen molar-refractivity contribution >= 4 is 17.4 Å². The van der Waals surface area contributed by atoms with Gasteiger partial charge in [0, 0.05) is 25.1 Å². The molecule has 88 valence electrons. The van der Waals surface area contributed by atoms with Crippen LogP contribution in [0.1, 0.15) is 19.8 Å². The minimum absolute atomic E-state index is 0.182. The highest BCUT2D eigenvalue weighted by Gasteiger charge is 2.27. The Morgan fingerprint density at radius 2 is 2.38 bits per heavy atom. The Hall–Kier alpha value is -0.870. The highest BCUT2D eigenvalue weighted by Crippen LogP contribution is 2.24. The summed E-state index contributed by atoms with van der Waals surface area (Å²) in [6.45, 7) is 3.76. The highest BCUT2D eigenvalue weighted by atomic mass is 35.5. The lowest BCUT2D eigenvalue weighted by molar-refractivity contribution is 0.0858. The molecule has 1 aliphatic heterocycles. The number of halogens is 1. The molecule has 0 unspecified atom stereocenters. The monoisotopic (exact) mass is 241 g/mol. The van der Waals surface area contributed by atoms with Crippen LogP contribution in [-0.2, 0) is 0 Å². The number of hydrogen-bond donors (Lipinski definition) is 1. The van der Waals surface area contributed by atoms with Crippen LogP contribution in [0, 0.1) is 5.92 Å². The van der Waals surface area contributed by atoms with Crippen LogP contribution in [-0.4, -0.2) is 34.3 Å². The van der Waals surface area contributed by atoms with E-state index in [0.29, 0.717) is 11.1 Å². The lowest BCUT2D eigenvalue weighted by atomic mass is 9.92. The molecule has 0 spiro atoms. The molecule has 2 atom stereocenters. The van der Waals surface area contributed by atoms with Gasteiger partial charge in [-0.2, -0.15) is 0 Å². The molecule has 2 heterocycles. The molecular formula is C11H16ClN3O. The van der Waals surface area contributed by atoms with Gasteiger partial charge < -0.3 is 10.0 Å². The molecule has 0 aromatic carbocycles. The van der Waals surface area contributed by atoms with Crippen LogP contribution in [0.2, 0.25) is 5.15 Å². The van der Waals surface area contributed by atoms with Crippen LogP contribution in [0.4, 0.5) is 5.82 Å². The summed E-state index contributed by atoms with van der Waals surface area (Å²) in [7, 11) is 0.